The van der Waals surface area contributed by atoms with E-state index in [0.29, 0.717) is 19.0 Å². The lowest BCUT2D eigenvalue weighted by atomic mass is 9.86. The average molecular weight is 249 g/mol. The maximum absolute atomic E-state index is 12.1. The van der Waals surface area contributed by atoms with E-state index in [2.05, 4.69) is 20.8 Å². The van der Waals surface area contributed by atoms with Crippen LogP contribution in [0, 0.1) is 5.41 Å². The van der Waals surface area contributed by atoms with Gasteiger partial charge in [0, 0.05) is 25.6 Å². The number of carbonyl (C=O) groups is 1. The molecule has 1 aliphatic heterocycles. The van der Waals surface area contributed by atoms with Gasteiger partial charge in [0.2, 0.25) is 5.91 Å². The molecule has 16 heavy (non-hydrogen) atoms. The molecular formula is C12H25ClN2O. The number of rotatable bonds is 4. The predicted octanol–water partition coefficient (Wildman–Crippen LogP) is 2.18. The van der Waals surface area contributed by atoms with Crippen LogP contribution in [-0.2, 0) is 4.79 Å². The smallest absolute Gasteiger partial charge is 0.223 e. The van der Waals surface area contributed by atoms with Gasteiger partial charge >= 0.3 is 0 Å². The molecule has 0 aliphatic carbocycles. The van der Waals surface area contributed by atoms with Crippen molar-refractivity contribution in [2.45, 2.75) is 52.5 Å². The molecule has 1 aliphatic rings. The maximum atomic E-state index is 12.1. The first-order valence-electron chi connectivity index (χ1n) is 5.99. The molecule has 1 rings (SSSR count). The predicted molar refractivity (Wildman–Crippen MR) is 69.7 cm³/mol. The Kier molecular flexibility index (Phi) is 6.34. The molecule has 1 heterocycles. The van der Waals surface area contributed by atoms with Gasteiger partial charge in [0.05, 0.1) is 0 Å². The molecule has 0 spiro atoms. The molecule has 1 saturated heterocycles. The highest BCUT2D eigenvalue weighted by Gasteiger charge is 2.30. The topological polar surface area (TPSA) is 46.3 Å². The molecule has 0 aromatic rings. The third kappa shape index (κ3) is 3.95. The Hall–Kier alpha value is -0.280. The summed E-state index contributed by atoms with van der Waals surface area (Å²) >= 11 is 0. The lowest BCUT2D eigenvalue weighted by Gasteiger charge is -2.29. The van der Waals surface area contributed by atoms with Gasteiger partial charge in [0.25, 0.3) is 0 Å². The molecule has 3 nitrogen and oxygen atoms in total. The maximum Gasteiger partial charge on any atom is 0.223 e. The molecule has 0 aromatic heterocycles. The Labute approximate surface area is 105 Å². The third-order valence-corrected chi connectivity index (χ3v) is 3.56. The van der Waals surface area contributed by atoms with Gasteiger partial charge in [-0.3, -0.25) is 4.79 Å². The summed E-state index contributed by atoms with van der Waals surface area (Å²) in [5, 5.41) is 0. The van der Waals surface area contributed by atoms with Crippen LogP contribution in [0.2, 0.25) is 0 Å². The number of hydrogen-bond donors (Lipinski definition) is 1. The number of nitrogens with zero attached hydrogens (tertiary/aromatic N) is 1. The van der Waals surface area contributed by atoms with E-state index in [0.717, 1.165) is 25.8 Å². The van der Waals surface area contributed by atoms with Crippen molar-refractivity contribution in [2.75, 3.05) is 13.1 Å². The summed E-state index contributed by atoms with van der Waals surface area (Å²) in [6.07, 6.45) is 3.88. The van der Waals surface area contributed by atoms with E-state index in [-0.39, 0.29) is 23.7 Å². The van der Waals surface area contributed by atoms with Gasteiger partial charge in [-0.1, -0.05) is 27.2 Å². The van der Waals surface area contributed by atoms with Crippen LogP contribution in [-0.4, -0.2) is 29.9 Å². The van der Waals surface area contributed by atoms with Crippen molar-refractivity contribution in [1.29, 1.82) is 0 Å². The Morgan fingerprint density at radius 1 is 1.50 bits per heavy atom. The Morgan fingerprint density at radius 2 is 2.12 bits per heavy atom. The van der Waals surface area contributed by atoms with Crippen LogP contribution in [0.5, 0.6) is 0 Å². The molecule has 1 unspecified atom stereocenters. The van der Waals surface area contributed by atoms with E-state index in [4.69, 9.17) is 5.73 Å². The lowest BCUT2D eigenvalue weighted by molar-refractivity contribution is -0.134. The van der Waals surface area contributed by atoms with Crippen molar-refractivity contribution in [3.63, 3.8) is 0 Å². The molecule has 1 amide bonds. The zero-order valence-corrected chi connectivity index (χ0v) is 11.5. The highest BCUT2D eigenvalue weighted by molar-refractivity contribution is 5.85. The van der Waals surface area contributed by atoms with Crippen molar-refractivity contribution in [3.05, 3.63) is 0 Å². The van der Waals surface area contributed by atoms with Crippen LogP contribution in [0.25, 0.3) is 0 Å². The number of hydrogen-bond acceptors (Lipinski definition) is 2. The molecule has 1 atom stereocenters. The summed E-state index contributed by atoms with van der Waals surface area (Å²) in [5.74, 6) is 0.287. The first kappa shape index (κ1) is 15.7. The highest BCUT2D eigenvalue weighted by Crippen LogP contribution is 2.27. The van der Waals surface area contributed by atoms with E-state index in [9.17, 15) is 4.79 Å². The fourth-order valence-electron chi connectivity index (χ4n) is 2.05. The highest BCUT2D eigenvalue weighted by atomic mass is 35.5. The van der Waals surface area contributed by atoms with Crippen LogP contribution in [0.1, 0.15) is 46.5 Å². The van der Waals surface area contributed by atoms with Crippen molar-refractivity contribution in [3.8, 4) is 0 Å². The van der Waals surface area contributed by atoms with Crippen LogP contribution in [0.15, 0.2) is 0 Å². The van der Waals surface area contributed by atoms with Gasteiger partial charge in [0.15, 0.2) is 0 Å². The first-order valence-corrected chi connectivity index (χ1v) is 5.99. The lowest BCUT2D eigenvalue weighted by Crippen LogP contribution is -2.41. The van der Waals surface area contributed by atoms with Crippen LogP contribution in [0.4, 0.5) is 0 Å². The van der Waals surface area contributed by atoms with Gasteiger partial charge < -0.3 is 10.6 Å². The number of nitrogens with two attached hydrogens (primary N) is 1. The Bertz CT molecular complexity index is 231. The van der Waals surface area contributed by atoms with Crippen LogP contribution >= 0.6 is 12.4 Å². The van der Waals surface area contributed by atoms with Crippen molar-refractivity contribution >= 4 is 18.3 Å². The van der Waals surface area contributed by atoms with Crippen LogP contribution < -0.4 is 5.73 Å². The summed E-state index contributed by atoms with van der Waals surface area (Å²) in [6, 6.07) is 0.296. The number of carbonyl (C=O) groups excluding carboxylic acids is 1. The SMILES string of the molecule is CCC(C)(C)CC(=O)N1CCCC1CN.Cl. The second-order valence-corrected chi connectivity index (χ2v) is 5.31. The third-order valence-electron chi connectivity index (χ3n) is 3.56. The molecule has 0 radical (unpaired) electrons. The standard InChI is InChI=1S/C12H24N2O.ClH/c1-4-12(2,3)8-11(15)14-7-5-6-10(14)9-13;/h10H,4-9,13H2,1-3H3;1H. The molecular weight excluding hydrogens is 224 g/mol. The Balaban J connectivity index is 0.00000225. The minimum Gasteiger partial charge on any atom is -0.338 e. The average Bonchev–Trinajstić information content (AvgIpc) is 2.64. The van der Waals surface area contributed by atoms with Gasteiger partial charge in [-0.15, -0.1) is 12.4 Å². The monoisotopic (exact) mass is 248 g/mol. The van der Waals surface area contributed by atoms with Crippen molar-refractivity contribution in [1.82, 2.24) is 4.90 Å². The molecule has 96 valence electrons. The second-order valence-electron chi connectivity index (χ2n) is 5.31. The molecule has 2 N–H and O–H groups in total. The van der Waals surface area contributed by atoms with Gasteiger partial charge in [-0.05, 0) is 18.3 Å². The zero-order valence-electron chi connectivity index (χ0n) is 10.7. The van der Waals surface area contributed by atoms with Crippen LogP contribution in [0.3, 0.4) is 0 Å². The van der Waals surface area contributed by atoms with Gasteiger partial charge in [0.1, 0.15) is 0 Å². The van der Waals surface area contributed by atoms with Crippen molar-refractivity contribution < 1.29 is 4.79 Å². The van der Waals surface area contributed by atoms with E-state index in [1.165, 1.54) is 0 Å². The summed E-state index contributed by atoms with van der Waals surface area (Å²) in [5.41, 5.74) is 5.79. The molecule has 0 saturated carbocycles. The minimum atomic E-state index is 0. The number of amides is 1. The summed E-state index contributed by atoms with van der Waals surface area (Å²) in [7, 11) is 0. The van der Waals surface area contributed by atoms with E-state index < -0.39 is 0 Å². The Morgan fingerprint density at radius 3 is 2.62 bits per heavy atom. The first-order chi connectivity index (χ1) is 7.00. The summed E-state index contributed by atoms with van der Waals surface area (Å²) < 4.78 is 0. The van der Waals surface area contributed by atoms with E-state index in [1.807, 2.05) is 4.90 Å². The zero-order chi connectivity index (χ0) is 11.5. The second kappa shape index (κ2) is 6.45. The van der Waals surface area contributed by atoms with E-state index >= 15 is 0 Å². The summed E-state index contributed by atoms with van der Waals surface area (Å²) in [6.45, 7) is 7.95. The van der Waals surface area contributed by atoms with Gasteiger partial charge in [-0.25, -0.2) is 0 Å². The number of halogens is 1. The molecule has 0 bridgehead atoms. The normalized spacial score (nSPS) is 20.8. The minimum absolute atomic E-state index is 0. The van der Waals surface area contributed by atoms with E-state index in [1.54, 1.807) is 0 Å². The van der Waals surface area contributed by atoms with Crippen molar-refractivity contribution in [2.24, 2.45) is 11.1 Å². The quantitative estimate of drug-likeness (QED) is 0.829. The number of likely N-dealkylation sites (tertiary alicyclic amines) is 1. The fraction of sp³-hybridized carbons (Fsp3) is 0.917. The molecule has 1 fully saturated rings. The summed E-state index contributed by atoms with van der Waals surface area (Å²) in [4.78, 5) is 14.0. The molecule has 4 heteroatoms. The fourth-order valence-corrected chi connectivity index (χ4v) is 2.05. The largest absolute Gasteiger partial charge is 0.338 e. The molecule has 0 aromatic carbocycles. The van der Waals surface area contributed by atoms with Gasteiger partial charge in [-0.2, -0.15) is 0 Å².